The van der Waals surface area contributed by atoms with Gasteiger partial charge in [0.15, 0.2) is 0 Å². The number of hydrogen-bond donors (Lipinski definition) is 2. The predicted molar refractivity (Wildman–Crippen MR) is 76.3 cm³/mol. The number of rotatable bonds is 4. The SMILES string of the molecule is C.CC(C)(C)CNC(=O)CC(=O)NCC(C)(C)C. The molecule has 0 heterocycles. The van der Waals surface area contributed by atoms with Gasteiger partial charge in [0.05, 0.1) is 0 Å². The maximum Gasteiger partial charge on any atom is 0.229 e. The standard InChI is InChI=1S/C13H26N2O2.CH4/c1-12(2,3)8-14-10(16)7-11(17)15-9-13(4,5)6;/h7-9H2,1-6H3,(H,14,16)(H,15,17);1H4. The molecule has 0 radical (unpaired) electrons. The van der Waals surface area contributed by atoms with E-state index in [1.54, 1.807) is 0 Å². The Morgan fingerprint density at radius 2 is 1.06 bits per heavy atom. The predicted octanol–water partition coefficient (Wildman–Crippen LogP) is 2.34. The molecule has 0 aromatic carbocycles. The van der Waals surface area contributed by atoms with Crippen LogP contribution < -0.4 is 10.6 Å². The Morgan fingerprint density at radius 3 is 1.28 bits per heavy atom. The van der Waals surface area contributed by atoms with E-state index in [-0.39, 0.29) is 36.5 Å². The van der Waals surface area contributed by atoms with Crippen LogP contribution in [0.15, 0.2) is 0 Å². The first kappa shape index (κ1) is 19.3. The highest BCUT2D eigenvalue weighted by atomic mass is 16.2. The molecule has 0 fully saturated rings. The zero-order chi connectivity index (χ0) is 13.7. The number of amides is 2. The molecule has 0 atom stereocenters. The molecule has 18 heavy (non-hydrogen) atoms. The molecule has 108 valence electrons. The molecule has 0 saturated carbocycles. The van der Waals surface area contributed by atoms with Crippen molar-refractivity contribution >= 4 is 11.8 Å². The van der Waals surface area contributed by atoms with Crippen LogP contribution in [-0.4, -0.2) is 24.9 Å². The van der Waals surface area contributed by atoms with Crippen molar-refractivity contribution in [3.05, 3.63) is 0 Å². The Morgan fingerprint density at radius 1 is 0.778 bits per heavy atom. The monoisotopic (exact) mass is 258 g/mol. The van der Waals surface area contributed by atoms with E-state index in [2.05, 4.69) is 10.6 Å². The summed E-state index contributed by atoms with van der Waals surface area (Å²) in [5.74, 6) is -0.433. The van der Waals surface area contributed by atoms with Crippen LogP contribution in [0.4, 0.5) is 0 Å². The molecular weight excluding hydrogens is 228 g/mol. The van der Waals surface area contributed by atoms with E-state index >= 15 is 0 Å². The van der Waals surface area contributed by atoms with Gasteiger partial charge in [0, 0.05) is 13.1 Å². The minimum Gasteiger partial charge on any atom is -0.355 e. The van der Waals surface area contributed by atoms with E-state index in [4.69, 9.17) is 0 Å². The van der Waals surface area contributed by atoms with E-state index < -0.39 is 0 Å². The summed E-state index contributed by atoms with van der Waals surface area (Å²) in [5.41, 5.74) is 0.0785. The molecule has 0 bridgehead atoms. The van der Waals surface area contributed by atoms with Gasteiger partial charge < -0.3 is 10.6 Å². The lowest BCUT2D eigenvalue weighted by molar-refractivity contribution is -0.129. The molecular formula is C14H30N2O2. The Bertz CT molecular complexity index is 244. The molecule has 0 saturated heterocycles. The largest absolute Gasteiger partial charge is 0.355 e. The Labute approximate surface area is 112 Å². The second-order valence-corrected chi connectivity index (χ2v) is 6.85. The second-order valence-electron chi connectivity index (χ2n) is 6.85. The normalized spacial score (nSPS) is 11.4. The number of carbonyl (C=O) groups excluding carboxylic acids is 2. The smallest absolute Gasteiger partial charge is 0.229 e. The van der Waals surface area contributed by atoms with Gasteiger partial charge in [0.1, 0.15) is 6.42 Å². The topological polar surface area (TPSA) is 58.2 Å². The van der Waals surface area contributed by atoms with E-state index in [1.165, 1.54) is 0 Å². The lowest BCUT2D eigenvalue weighted by Gasteiger charge is -2.20. The van der Waals surface area contributed by atoms with Crippen molar-refractivity contribution in [1.82, 2.24) is 10.6 Å². The summed E-state index contributed by atoms with van der Waals surface area (Å²) in [7, 11) is 0. The third kappa shape index (κ3) is 13.0. The highest BCUT2D eigenvalue weighted by molar-refractivity contribution is 5.96. The van der Waals surface area contributed by atoms with Gasteiger partial charge in [-0.3, -0.25) is 9.59 Å². The molecule has 4 nitrogen and oxygen atoms in total. The zero-order valence-corrected chi connectivity index (χ0v) is 11.9. The van der Waals surface area contributed by atoms with Crippen molar-refractivity contribution < 1.29 is 9.59 Å². The van der Waals surface area contributed by atoms with E-state index in [0.29, 0.717) is 13.1 Å². The fraction of sp³-hybridized carbons (Fsp3) is 0.857. The first-order valence-corrected chi connectivity index (χ1v) is 6.03. The molecule has 0 aromatic heterocycles. The molecule has 2 N–H and O–H groups in total. The molecule has 0 aliphatic heterocycles. The summed E-state index contributed by atoms with van der Waals surface area (Å²) in [6, 6.07) is 0. The minimum atomic E-state index is -0.216. The first-order valence-electron chi connectivity index (χ1n) is 6.03. The highest BCUT2D eigenvalue weighted by Crippen LogP contribution is 2.11. The molecule has 0 spiro atoms. The molecule has 2 amide bonds. The molecule has 0 aliphatic rings. The summed E-state index contributed by atoms with van der Waals surface area (Å²) in [5, 5.41) is 5.50. The highest BCUT2D eigenvalue weighted by Gasteiger charge is 2.16. The van der Waals surface area contributed by atoms with Crippen LogP contribution in [0.2, 0.25) is 0 Å². The summed E-state index contributed by atoms with van der Waals surface area (Å²) in [6.07, 6.45) is -0.0911. The Hall–Kier alpha value is -1.06. The molecule has 0 rings (SSSR count). The van der Waals surface area contributed by atoms with Crippen LogP contribution in [0, 0.1) is 10.8 Å². The lowest BCUT2D eigenvalue weighted by Crippen LogP contribution is -2.38. The van der Waals surface area contributed by atoms with Crippen LogP contribution in [0.3, 0.4) is 0 Å². The number of carbonyl (C=O) groups is 2. The van der Waals surface area contributed by atoms with E-state index in [9.17, 15) is 9.59 Å². The maximum atomic E-state index is 11.5. The lowest BCUT2D eigenvalue weighted by atomic mass is 9.97. The summed E-state index contributed by atoms with van der Waals surface area (Å²) < 4.78 is 0. The number of nitrogens with one attached hydrogen (secondary N) is 2. The van der Waals surface area contributed by atoms with Crippen LogP contribution in [0.5, 0.6) is 0 Å². The third-order valence-corrected chi connectivity index (χ3v) is 1.95. The maximum absolute atomic E-state index is 11.5. The van der Waals surface area contributed by atoms with Gasteiger partial charge in [-0.05, 0) is 10.8 Å². The van der Waals surface area contributed by atoms with Crippen LogP contribution in [0.25, 0.3) is 0 Å². The number of hydrogen-bond acceptors (Lipinski definition) is 2. The van der Waals surface area contributed by atoms with Gasteiger partial charge in [0.2, 0.25) is 11.8 Å². The van der Waals surface area contributed by atoms with Crippen molar-refractivity contribution in [2.75, 3.05) is 13.1 Å². The van der Waals surface area contributed by atoms with Crippen LogP contribution >= 0.6 is 0 Å². The summed E-state index contributed by atoms with van der Waals surface area (Å²) >= 11 is 0. The molecule has 0 aromatic rings. The Kier molecular flexibility index (Phi) is 7.92. The van der Waals surface area contributed by atoms with Gasteiger partial charge in [-0.15, -0.1) is 0 Å². The zero-order valence-electron chi connectivity index (χ0n) is 11.9. The van der Waals surface area contributed by atoms with Crippen molar-refractivity contribution in [3.8, 4) is 0 Å². The summed E-state index contributed by atoms with van der Waals surface area (Å²) in [6.45, 7) is 13.4. The first-order chi connectivity index (χ1) is 7.49. The van der Waals surface area contributed by atoms with Crippen LogP contribution in [-0.2, 0) is 9.59 Å². The minimum absolute atomic E-state index is 0. The van der Waals surface area contributed by atoms with Gasteiger partial charge in [0.25, 0.3) is 0 Å². The molecule has 0 unspecified atom stereocenters. The fourth-order valence-electron chi connectivity index (χ4n) is 0.998. The van der Waals surface area contributed by atoms with E-state index in [1.807, 2.05) is 41.5 Å². The molecule has 0 aliphatic carbocycles. The van der Waals surface area contributed by atoms with Crippen LogP contribution in [0.1, 0.15) is 55.4 Å². The quantitative estimate of drug-likeness (QED) is 0.760. The average Bonchev–Trinajstić information content (AvgIpc) is 2.09. The molecule has 4 heteroatoms. The van der Waals surface area contributed by atoms with Crippen molar-refractivity contribution in [2.24, 2.45) is 10.8 Å². The third-order valence-electron chi connectivity index (χ3n) is 1.95. The van der Waals surface area contributed by atoms with Gasteiger partial charge in [-0.25, -0.2) is 0 Å². The van der Waals surface area contributed by atoms with Gasteiger partial charge >= 0.3 is 0 Å². The fourth-order valence-corrected chi connectivity index (χ4v) is 0.998. The van der Waals surface area contributed by atoms with Crippen molar-refractivity contribution in [2.45, 2.75) is 55.4 Å². The Balaban J connectivity index is 0. The van der Waals surface area contributed by atoms with Gasteiger partial charge in [-0.2, -0.15) is 0 Å². The van der Waals surface area contributed by atoms with Gasteiger partial charge in [-0.1, -0.05) is 49.0 Å². The second kappa shape index (κ2) is 7.39. The van der Waals surface area contributed by atoms with Crippen molar-refractivity contribution in [3.63, 3.8) is 0 Å². The van der Waals surface area contributed by atoms with E-state index in [0.717, 1.165) is 0 Å². The summed E-state index contributed by atoms with van der Waals surface area (Å²) in [4.78, 5) is 22.9. The van der Waals surface area contributed by atoms with Crippen molar-refractivity contribution in [1.29, 1.82) is 0 Å². The average molecular weight is 258 g/mol.